The molecule has 1 spiro atoms. The van der Waals surface area contributed by atoms with Crippen LogP contribution in [0.1, 0.15) is 17.5 Å². The fraction of sp³-hybridized carbons (Fsp3) is 0.538. The lowest BCUT2D eigenvalue weighted by atomic mass is 9.87. The Morgan fingerprint density at radius 3 is 2.75 bits per heavy atom. The van der Waals surface area contributed by atoms with E-state index in [0.717, 1.165) is 38.2 Å². The third kappa shape index (κ3) is 1.60. The van der Waals surface area contributed by atoms with Crippen molar-refractivity contribution in [1.82, 2.24) is 0 Å². The smallest absolute Gasteiger partial charge is 0.172 e. The van der Waals surface area contributed by atoms with E-state index in [2.05, 4.69) is 12.1 Å². The van der Waals surface area contributed by atoms with Crippen molar-refractivity contribution in [1.29, 1.82) is 0 Å². The summed E-state index contributed by atoms with van der Waals surface area (Å²) in [5.74, 6) is 0.563. The van der Waals surface area contributed by atoms with Gasteiger partial charge in [0.2, 0.25) is 0 Å². The first-order chi connectivity index (χ1) is 7.81. The van der Waals surface area contributed by atoms with Gasteiger partial charge < -0.3 is 14.2 Å². The maximum absolute atomic E-state index is 5.75. The number of aryl methyl sites for hydroxylation is 1. The molecule has 3 heteroatoms. The summed E-state index contributed by atoms with van der Waals surface area (Å²) in [7, 11) is 1.70. The highest BCUT2D eigenvalue weighted by Crippen LogP contribution is 2.36. The molecule has 3 nitrogen and oxygen atoms in total. The summed E-state index contributed by atoms with van der Waals surface area (Å²) in [4.78, 5) is 0. The molecule has 0 N–H and O–H groups in total. The Bertz CT molecular complexity index is 394. The minimum absolute atomic E-state index is 0.348. The summed E-state index contributed by atoms with van der Waals surface area (Å²) >= 11 is 0. The molecule has 1 aromatic rings. The normalized spacial score (nSPS) is 22.1. The molecular weight excluding hydrogens is 204 g/mol. The molecule has 0 unspecified atom stereocenters. The van der Waals surface area contributed by atoms with Crippen LogP contribution < -0.4 is 4.74 Å². The lowest BCUT2D eigenvalue weighted by Gasteiger charge is -2.32. The van der Waals surface area contributed by atoms with Crippen LogP contribution in [0.2, 0.25) is 0 Å². The van der Waals surface area contributed by atoms with Gasteiger partial charge in [0.15, 0.2) is 5.79 Å². The van der Waals surface area contributed by atoms with E-state index in [0.29, 0.717) is 0 Å². The van der Waals surface area contributed by atoms with Crippen LogP contribution in [0, 0.1) is 0 Å². The molecule has 2 aliphatic rings. The Morgan fingerprint density at radius 2 is 2.00 bits per heavy atom. The first-order valence-corrected chi connectivity index (χ1v) is 5.75. The molecule has 1 saturated heterocycles. The number of fused-ring (bicyclic) bond motifs is 1. The molecule has 1 aliphatic carbocycles. The molecule has 16 heavy (non-hydrogen) atoms. The minimum atomic E-state index is -0.348. The Morgan fingerprint density at radius 1 is 1.19 bits per heavy atom. The summed E-state index contributed by atoms with van der Waals surface area (Å²) in [5.41, 5.74) is 2.69. The van der Waals surface area contributed by atoms with E-state index in [-0.39, 0.29) is 5.79 Å². The van der Waals surface area contributed by atoms with E-state index in [4.69, 9.17) is 14.2 Å². The zero-order valence-electron chi connectivity index (χ0n) is 9.49. The van der Waals surface area contributed by atoms with Gasteiger partial charge >= 0.3 is 0 Å². The van der Waals surface area contributed by atoms with Crippen LogP contribution in [0.5, 0.6) is 5.75 Å². The number of benzene rings is 1. The Hall–Kier alpha value is -1.06. The van der Waals surface area contributed by atoms with E-state index in [1.165, 1.54) is 11.1 Å². The largest absolute Gasteiger partial charge is 0.497 e. The fourth-order valence-electron chi connectivity index (χ4n) is 2.58. The van der Waals surface area contributed by atoms with E-state index in [1.807, 2.05) is 6.07 Å². The molecule has 0 amide bonds. The van der Waals surface area contributed by atoms with Crippen LogP contribution in [0.4, 0.5) is 0 Å². The predicted molar refractivity (Wildman–Crippen MR) is 59.7 cm³/mol. The van der Waals surface area contributed by atoms with Crippen molar-refractivity contribution in [2.45, 2.75) is 25.0 Å². The molecule has 1 fully saturated rings. The van der Waals surface area contributed by atoms with Crippen molar-refractivity contribution in [2.24, 2.45) is 0 Å². The second kappa shape index (κ2) is 3.75. The maximum Gasteiger partial charge on any atom is 0.172 e. The second-order valence-electron chi connectivity index (χ2n) is 4.42. The number of hydrogen-bond acceptors (Lipinski definition) is 3. The highest BCUT2D eigenvalue weighted by atomic mass is 16.7. The topological polar surface area (TPSA) is 27.7 Å². The Balaban J connectivity index is 1.91. The van der Waals surface area contributed by atoms with Gasteiger partial charge in [-0.2, -0.15) is 0 Å². The number of rotatable bonds is 1. The van der Waals surface area contributed by atoms with Crippen LogP contribution in [-0.4, -0.2) is 26.1 Å². The first-order valence-electron chi connectivity index (χ1n) is 5.75. The molecule has 0 bridgehead atoms. The number of hydrogen-bond donors (Lipinski definition) is 0. The van der Waals surface area contributed by atoms with Crippen molar-refractivity contribution in [2.75, 3.05) is 20.3 Å². The number of ether oxygens (including phenoxy) is 3. The predicted octanol–water partition coefficient (Wildman–Crippen LogP) is 1.93. The molecule has 1 aromatic carbocycles. The van der Waals surface area contributed by atoms with E-state index in [9.17, 15) is 0 Å². The minimum Gasteiger partial charge on any atom is -0.497 e. The maximum atomic E-state index is 5.75. The molecule has 0 radical (unpaired) electrons. The monoisotopic (exact) mass is 220 g/mol. The van der Waals surface area contributed by atoms with Gasteiger partial charge in [-0.15, -0.1) is 0 Å². The first kappa shape index (κ1) is 10.1. The van der Waals surface area contributed by atoms with Gasteiger partial charge in [-0.1, -0.05) is 6.07 Å². The van der Waals surface area contributed by atoms with Crippen LogP contribution in [0.15, 0.2) is 18.2 Å². The summed E-state index contributed by atoms with van der Waals surface area (Å²) < 4.78 is 16.7. The lowest BCUT2D eigenvalue weighted by molar-refractivity contribution is -0.163. The van der Waals surface area contributed by atoms with Gasteiger partial charge in [0.1, 0.15) is 5.75 Å². The van der Waals surface area contributed by atoms with Crippen LogP contribution in [0.3, 0.4) is 0 Å². The van der Waals surface area contributed by atoms with Crippen LogP contribution in [0.25, 0.3) is 0 Å². The molecule has 86 valence electrons. The molecule has 0 saturated carbocycles. The third-order valence-electron chi connectivity index (χ3n) is 3.46. The SMILES string of the molecule is COc1ccc2c(c1)CC1(CC2)OCCO1. The molecule has 3 rings (SSSR count). The van der Waals surface area contributed by atoms with Crippen LogP contribution >= 0.6 is 0 Å². The van der Waals surface area contributed by atoms with E-state index in [1.54, 1.807) is 7.11 Å². The van der Waals surface area contributed by atoms with Crippen molar-refractivity contribution >= 4 is 0 Å². The second-order valence-corrected chi connectivity index (χ2v) is 4.42. The zero-order chi connectivity index (χ0) is 11.0. The molecule has 1 heterocycles. The quantitative estimate of drug-likeness (QED) is 0.723. The highest BCUT2D eigenvalue weighted by molar-refractivity contribution is 5.38. The van der Waals surface area contributed by atoms with Gasteiger partial charge in [0.25, 0.3) is 0 Å². The number of methoxy groups -OCH3 is 1. The average Bonchev–Trinajstić information content (AvgIpc) is 2.76. The fourth-order valence-corrected chi connectivity index (χ4v) is 2.58. The molecular formula is C13H16O3. The van der Waals surface area contributed by atoms with E-state index < -0.39 is 0 Å². The molecule has 1 aliphatic heterocycles. The summed E-state index contributed by atoms with van der Waals surface area (Å²) in [5, 5.41) is 0. The molecule has 0 aromatic heterocycles. The summed E-state index contributed by atoms with van der Waals surface area (Å²) in [6, 6.07) is 6.27. The highest BCUT2D eigenvalue weighted by Gasteiger charge is 2.39. The van der Waals surface area contributed by atoms with Gasteiger partial charge in [-0.25, -0.2) is 0 Å². The van der Waals surface area contributed by atoms with Gasteiger partial charge in [0, 0.05) is 12.8 Å². The van der Waals surface area contributed by atoms with Crippen molar-refractivity contribution in [3.8, 4) is 5.75 Å². The van der Waals surface area contributed by atoms with Crippen LogP contribution in [-0.2, 0) is 22.3 Å². The Labute approximate surface area is 95.3 Å². The zero-order valence-corrected chi connectivity index (χ0v) is 9.49. The van der Waals surface area contributed by atoms with Gasteiger partial charge in [-0.05, 0) is 29.7 Å². The van der Waals surface area contributed by atoms with Crippen molar-refractivity contribution in [3.05, 3.63) is 29.3 Å². The van der Waals surface area contributed by atoms with Crippen molar-refractivity contribution < 1.29 is 14.2 Å². The van der Waals surface area contributed by atoms with Gasteiger partial charge in [-0.3, -0.25) is 0 Å². The third-order valence-corrected chi connectivity index (χ3v) is 3.46. The van der Waals surface area contributed by atoms with Crippen molar-refractivity contribution in [3.63, 3.8) is 0 Å². The summed E-state index contributed by atoms with van der Waals surface area (Å²) in [6.45, 7) is 1.44. The van der Waals surface area contributed by atoms with E-state index >= 15 is 0 Å². The average molecular weight is 220 g/mol. The summed E-state index contributed by atoms with van der Waals surface area (Å²) in [6.07, 6.45) is 2.84. The molecule has 0 atom stereocenters. The lowest BCUT2D eigenvalue weighted by Crippen LogP contribution is -2.36. The Kier molecular flexibility index (Phi) is 2.37. The van der Waals surface area contributed by atoms with Gasteiger partial charge in [0.05, 0.1) is 20.3 Å². The standard InChI is InChI=1S/C13H16O3/c1-14-12-3-2-10-4-5-13(9-11(10)8-12)15-6-7-16-13/h2-3,8H,4-7,9H2,1H3.